The summed E-state index contributed by atoms with van der Waals surface area (Å²) in [5.74, 6) is 1.28. The van der Waals surface area contributed by atoms with Gasteiger partial charge in [0.05, 0.1) is 6.10 Å². The number of aliphatic hydroxyl groups is 1. The van der Waals surface area contributed by atoms with Crippen LogP contribution in [0.15, 0.2) is 12.4 Å². The minimum Gasteiger partial charge on any atom is -0.393 e. The maximum atomic E-state index is 9.37. The molecule has 0 aliphatic heterocycles. The molecular weight excluding hydrogens is 214 g/mol. The Labute approximate surface area is 93.7 Å². The van der Waals surface area contributed by atoms with Crippen LogP contribution in [0.25, 0.3) is 0 Å². The van der Waals surface area contributed by atoms with Crippen molar-refractivity contribution in [3.63, 3.8) is 0 Å². The maximum Gasteiger partial charge on any atom is 0.134 e. The van der Waals surface area contributed by atoms with Gasteiger partial charge in [0.1, 0.15) is 17.3 Å². The first-order valence-electron chi connectivity index (χ1n) is 5.13. The van der Waals surface area contributed by atoms with Crippen LogP contribution in [-0.2, 0) is 0 Å². The molecule has 0 bridgehead atoms. The van der Waals surface area contributed by atoms with Gasteiger partial charge in [0.15, 0.2) is 0 Å². The summed E-state index contributed by atoms with van der Waals surface area (Å²) in [6.45, 7) is 0.838. The van der Waals surface area contributed by atoms with Crippen LogP contribution >= 0.6 is 11.6 Å². The van der Waals surface area contributed by atoms with Crippen molar-refractivity contribution < 1.29 is 5.11 Å². The molecule has 0 aromatic carbocycles. The number of halogens is 1. The van der Waals surface area contributed by atoms with Crippen molar-refractivity contribution in [2.24, 2.45) is 5.92 Å². The Morgan fingerprint density at radius 3 is 3.00 bits per heavy atom. The van der Waals surface area contributed by atoms with Gasteiger partial charge >= 0.3 is 0 Å². The summed E-state index contributed by atoms with van der Waals surface area (Å²) in [5, 5.41) is 13.0. The van der Waals surface area contributed by atoms with E-state index < -0.39 is 0 Å². The van der Waals surface area contributed by atoms with Gasteiger partial charge in [0, 0.05) is 12.6 Å². The van der Waals surface area contributed by atoms with Gasteiger partial charge in [-0.1, -0.05) is 11.6 Å². The Hall–Kier alpha value is -0.870. The molecule has 82 valence electrons. The fourth-order valence-electron chi connectivity index (χ4n) is 1.91. The summed E-state index contributed by atoms with van der Waals surface area (Å²) in [6, 6.07) is 1.70. The van der Waals surface area contributed by atoms with Gasteiger partial charge in [-0.2, -0.15) is 0 Å². The summed E-state index contributed by atoms with van der Waals surface area (Å²) >= 11 is 5.73. The third-order valence-electron chi connectivity index (χ3n) is 2.72. The highest BCUT2D eigenvalue weighted by Crippen LogP contribution is 2.25. The van der Waals surface area contributed by atoms with Crippen molar-refractivity contribution in [2.75, 3.05) is 11.9 Å². The van der Waals surface area contributed by atoms with Crippen molar-refractivity contribution in [3.8, 4) is 0 Å². The molecule has 5 heteroatoms. The highest BCUT2D eigenvalue weighted by atomic mass is 35.5. The van der Waals surface area contributed by atoms with E-state index in [4.69, 9.17) is 11.6 Å². The summed E-state index contributed by atoms with van der Waals surface area (Å²) < 4.78 is 0. The van der Waals surface area contributed by atoms with E-state index in [-0.39, 0.29) is 6.10 Å². The van der Waals surface area contributed by atoms with Crippen LogP contribution in [0.2, 0.25) is 5.15 Å². The van der Waals surface area contributed by atoms with Crippen molar-refractivity contribution in [1.29, 1.82) is 0 Å². The molecule has 1 fully saturated rings. The Morgan fingerprint density at radius 1 is 1.47 bits per heavy atom. The third-order valence-corrected chi connectivity index (χ3v) is 2.93. The molecule has 2 atom stereocenters. The molecule has 4 nitrogen and oxygen atoms in total. The van der Waals surface area contributed by atoms with Gasteiger partial charge < -0.3 is 10.4 Å². The summed E-state index contributed by atoms with van der Waals surface area (Å²) in [4.78, 5) is 7.86. The number of aromatic nitrogens is 2. The van der Waals surface area contributed by atoms with E-state index in [1.807, 2.05) is 0 Å². The Balaban J connectivity index is 1.83. The van der Waals surface area contributed by atoms with Crippen LogP contribution in [-0.4, -0.2) is 27.7 Å². The molecule has 0 spiro atoms. The predicted molar refractivity (Wildman–Crippen MR) is 58.9 cm³/mol. The average molecular weight is 228 g/mol. The molecule has 1 aliphatic carbocycles. The number of aliphatic hydroxyl groups excluding tert-OH is 1. The molecule has 1 aliphatic rings. The van der Waals surface area contributed by atoms with Crippen LogP contribution in [0.4, 0.5) is 5.82 Å². The lowest BCUT2D eigenvalue weighted by Gasteiger charge is -2.10. The topological polar surface area (TPSA) is 58.0 Å². The van der Waals surface area contributed by atoms with Crippen molar-refractivity contribution >= 4 is 17.4 Å². The lowest BCUT2D eigenvalue weighted by Crippen LogP contribution is -2.13. The number of anilines is 1. The second-order valence-corrected chi connectivity index (χ2v) is 4.33. The van der Waals surface area contributed by atoms with Gasteiger partial charge in [0.2, 0.25) is 0 Å². The Bertz CT molecular complexity index is 334. The molecule has 1 aromatic rings. The molecule has 0 saturated heterocycles. The molecular formula is C10H14ClN3O. The number of nitrogens with zero attached hydrogens (tertiary/aromatic N) is 2. The van der Waals surface area contributed by atoms with Crippen molar-refractivity contribution in [1.82, 2.24) is 9.97 Å². The fraction of sp³-hybridized carbons (Fsp3) is 0.600. The smallest absolute Gasteiger partial charge is 0.134 e. The zero-order valence-corrected chi connectivity index (χ0v) is 9.11. The normalized spacial score (nSPS) is 25.5. The van der Waals surface area contributed by atoms with Crippen LogP contribution < -0.4 is 5.32 Å². The maximum absolute atomic E-state index is 9.37. The molecule has 2 rings (SSSR count). The van der Waals surface area contributed by atoms with Gasteiger partial charge in [-0.05, 0) is 25.2 Å². The fourth-order valence-corrected chi connectivity index (χ4v) is 2.06. The van der Waals surface area contributed by atoms with Gasteiger partial charge in [0.25, 0.3) is 0 Å². The lowest BCUT2D eigenvalue weighted by molar-refractivity contribution is 0.178. The second-order valence-electron chi connectivity index (χ2n) is 3.94. The van der Waals surface area contributed by atoms with Crippen molar-refractivity contribution in [2.45, 2.75) is 25.4 Å². The highest BCUT2D eigenvalue weighted by Gasteiger charge is 2.22. The van der Waals surface area contributed by atoms with E-state index in [1.54, 1.807) is 6.07 Å². The molecule has 2 unspecified atom stereocenters. The molecule has 0 radical (unpaired) electrons. The monoisotopic (exact) mass is 227 g/mol. The van der Waals surface area contributed by atoms with Crippen LogP contribution in [0.3, 0.4) is 0 Å². The quantitative estimate of drug-likeness (QED) is 0.772. The summed E-state index contributed by atoms with van der Waals surface area (Å²) in [7, 11) is 0. The largest absolute Gasteiger partial charge is 0.393 e. The molecule has 2 N–H and O–H groups in total. The Kier molecular flexibility index (Phi) is 3.38. The zero-order chi connectivity index (χ0) is 10.7. The molecule has 0 amide bonds. The minimum absolute atomic E-state index is 0.120. The van der Waals surface area contributed by atoms with Crippen LogP contribution in [0.5, 0.6) is 0 Å². The molecule has 1 aromatic heterocycles. The third kappa shape index (κ3) is 3.04. The van der Waals surface area contributed by atoms with E-state index in [1.165, 1.54) is 6.33 Å². The van der Waals surface area contributed by atoms with Gasteiger partial charge in [-0.3, -0.25) is 0 Å². The van der Waals surface area contributed by atoms with Crippen molar-refractivity contribution in [3.05, 3.63) is 17.5 Å². The van der Waals surface area contributed by atoms with E-state index in [0.29, 0.717) is 11.1 Å². The van der Waals surface area contributed by atoms with E-state index in [0.717, 1.165) is 31.6 Å². The van der Waals surface area contributed by atoms with E-state index in [2.05, 4.69) is 15.3 Å². The molecule has 15 heavy (non-hydrogen) atoms. The first-order valence-corrected chi connectivity index (χ1v) is 5.51. The number of nitrogens with one attached hydrogen (secondary N) is 1. The Morgan fingerprint density at radius 2 is 2.33 bits per heavy atom. The average Bonchev–Trinajstić information content (AvgIpc) is 2.62. The van der Waals surface area contributed by atoms with E-state index >= 15 is 0 Å². The van der Waals surface area contributed by atoms with Gasteiger partial charge in [-0.15, -0.1) is 0 Å². The summed E-state index contributed by atoms with van der Waals surface area (Å²) in [6.07, 6.45) is 4.19. The molecule has 1 heterocycles. The lowest BCUT2D eigenvalue weighted by atomic mass is 10.1. The SMILES string of the molecule is OC1CCC(CNc2cc(Cl)ncn2)C1. The predicted octanol–water partition coefficient (Wildman–Crippen LogP) is 1.70. The zero-order valence-electron chi connectivity index (χ0n) is 8.36. The standard InChI is InChI=1S/C10H14ClN3O/c11-9-4-10(14-6-13-9)12-5-7-1-2-8(15)3-7/h4,6-8,15H,1-3,5H2,(H,12,13,14). The number of hydrogen-bond acceptors (Lipinski definition) is 4. The first kappa shape index (κ1) is 10.6. The first-order chi connectivity index (χ1) is 7.24. The number of hydrogen-bond donors (Lipinski definition) is 2. The van der Waals surface area contributed by atoms with Crippen LogP contribution in [0, 0.1) is 5.92 Å². The minimum atomic E-state index is -0.120. The van der Waals surface area contributed by atoms with Gasteiger partial charge in [-0.25, -0.2) is 9.97 Å². The summed E-state index contributed by atoms with van der Waals surface area (Å²) in [5.41, 5.74) is 0. The highest BCUT2D eigenvalue weighted by molar-refractivity contribution is 6.29. The van der Waals surface area contributed by atoms with E-state index in [9.17, 15) is 5.11 Å². The number of rotatable bonds is 3. The molecule has 1 saturated carbocycles. The second kappa shape index (κ2) is 4.77. The van der Waals surface area contributed by atoms with Crippen LogP contribution in [0.1, 0.15) is 19.3 Å².